The topological polar surface area (TPSA) is 65.0 Å². The van der Waals surface area contributed by atoms with E-state index in [1.54, 1.807) is 0 Å². The average molecular weight is 228 g/mol. The minimum atomic E-state index is -1.63. The highest BCUT2D eigenvalue weighted by Gasteiger charge is 2.28. The Labute approximate surface area is 82.5 Å². The standard InChI is InChI=1S/C6H16O5SSi/c1-9-6(10-2,11-3)4-5-13-12(7)8/h4-5,13H2,1-3H3,(H,7,8). The predicted molar refractivity (Wildman–Crippen MR) is 52.5 cm³/mol. The molecular formula is C6H16O5SSi. The smallest absolute Gasteiger partial charge is 0.281 e. The van der Waals surface area contributed by atoms with Crippen LogP contribution in [0.25, 0.3) is 0 Å². The van der Waals surface area contributed by atoms with Gasteiger partial charge in [0.1, 0.15) is 10.5 Å². The van der Waals surface area contributed by atoms with E-state index in [0.29, 0.717) is 12.5 Å². The van der Waals surface area contributed by atoms with Crippen molar-refractivity contribution in [2.45, 2.75) is 18.4 Å². The summed E-state index contributed by atoms with van der Waals surface area (Å²) < 4.78 is 34.0. The first kappa shape index (κ1) is 13.2. The molecule has 1 N–H and O–H groups in total. The molecule has 80 valence electrons. The summed E-state index contributed by atoms with van der Waals surface area (Å²) in [5.74, 6) is -1.05. The van der Waals surface area contributed by atoms with E-state index in [2.05, 4.69) is 0 Å². The minimum absolute atomic E-state index is 0.481. The van der Waals surface area contributed by atoms with Crippen LogP contribution in [0.1, 0.15) is 6.42 Å². The van der Waals surface area contributed by atoms with Gasteiger partial charge in [0.2, 0.25) is 0 Å². The lowest BCUT2D eigenvalue weighted by Gasteiger charge is -2.28. The van der Waals surface area contributed by atoms with E-state index >= 15 is 0 Å². The van der Waals surface area contributed by atoms with E-state index in [0.717, 1.165) is 0 Å². The number of ether oxygens (including phenoxy) is 3. The number of methoxy groups -OCH3 is 3. The Morgan fingerprint density at radius 3 is 2.08 bits per heavy atom. The number of hydrogen-bond donors (Lipinski definition) is 1. The number of rotatable bonds is 7. The van der Waals surface area contributed by atoms with E-state index in [1.807, 2.05) is 0 Å². The van der Waals surface area contributed by atoms with Gasteiger partial charge in [-0.2, -0.15) is 0 Å². The minimum Gasteiger partial charge on any atom is -0.331 e. The van der Waals surface area contributed by atoms with Crippen LogP contribution in [0.3, 0.4) is 0 Å². The van der Waals surface area contributed by atoms with Crippen molar-refractivity contribution in [3.05, 3.63) is 0 Å². The SMILES string of the molecule is COC(CC[SiH2]S(=O)O)(OC)OC. The summed E-state index contributed by atoms with van der Waals surface area (Å²) in [5.41, 5.74) is 0. The van der Waals surface area contributed by atoms with E-state index < -0.39 is 25.2 Å². The van der Waals surface area contributed by atoms with Crippen molar-refractivity contribution in [1.29, 1.82) is 0 Å². The average Bonchev–Trinajstić information content (AvgIpc) is 2.13. The second-order valence-corrected chi connectivity index (χ2v) is 6.89. The van der Waals surface area contributed by atoms with Gasteiger partial charge in [-0.15, -0.1) is 0 Å². The maximum Gasteiger partial charge on any atom is 0.281 e. The van der Waals surface area contributed by atoms with Crippen molar-refractivity contribution in [2.75, 3.05) is 21.3 Å². The lowest BCUT2D eigenvalue weighted by atomic mass is 10.4. The Morgan fingerprint density at radius 2 is 1.77 bits per heavy atom. The molecule has 0 aliphatic heterocycles. The highest BCUT2D eigenvalue weighted by Crippen LogP contribution is 2.19. The molecule has 1 unspecified atom stereocenters. The Bertz CT molecular complexity index is 153. The Hall–Kier alpha value is 0.207. The Morgan fingerprint density at radius 1 is 1.31 bits per heavy atom. The fourth-order valence-electron chi connectivity index (χ4n) is 0.968. The Kier molecular flexibility index (Phi) is 6.74. The summed E-state index contributed by atoms with van der Waals surface area (Å²) in [4.78, 5) is 0. The fraction of sp³-hybridized carbons (Fsp3) is 1.00. The molecule has 0 aromatic heterocycles. The van der Waals surface area contributed by atoms with Crippen LogP contribution < -0.4 is 0 Å². The third-order valence-electron chi connectivity index (χ3n) is 1.73. The van der Waals surface area contributed by atoms with Crippen molar-refractivity contribution < 1.29 is 23.0 Å². The molecule has 7 heteroatoms. The quantitative estimate of drug-likeness (QED) is 0.368. The molecular weight excluding hydrogens is 212 g/mol. The van der Waals surface area contributed by atoms with Gasteiger partial charge in [-0.3, -0.25) is 0 Å². The first-order chi connectivity index (χ1) is 6.10. The fourth-order valence-corrected chi connectivity index (χ4v) is 2.97. The molecule has 0 aliphatic carbocycles. The van der Waals surface area contributed by atoms with Crippen LogP contribution in [0.15, 0.2) is 0 Å². The molecule has 0 radical (unpaired) electrons. The molecule has 0 saturated carbocycles. The second kappa shape index (κ2) is 6.63. The van der Waals surface area contributed by atoms with Crippen molar-refractivity contribution in [3.63, 3.8) is 0 Å². The van der Waals surface area contributed by atoms with Crippen LogP contribution in [0.2, 0.25) is 6.04 Å². The third-order valence-corrected chi connectivity index (χ3v) is 4.64. The molecule has 0 amide bonds. The van der Waals surface area contributed by atoms with Crippen LogP contribution >= 0.6 is 0 Å². The maximum atomic E-state index is 10.4. The molecule has 0 aromatic carbocycles. The predicted octanol–water partition coefficient (Wildman–Crippen LogP) is -0.307. The van der Waals surface area contributed by atoms with Gasteiger partial charge in [0, 0.05) is 27.8 Å². The largest absolute Gasteiger partial charge is 0.331 e. The summed E-state index contributed by atoms with van der Waals surface area (Å²) in [6.45, 7) is 0. The zero-order valence-electron chi connectivity index (χ0n) is 8.11. The molecule has 13 heavy (non-hydrogen) atoms. The zero-order valence-corrected chi connectivity index (χ0v) is 10.3. The number of hydrogen-bond acceptors (Lipinski definition) is 4. The van der Waals surface area contributed by atoms with E-state index in [-0.39, 0.29) is 0 Å². The molecule has 0 bridgehead atoms. The van der Waals surface area contributed by atoms with Crippen molar-refractivity contribution in [3.8, 4) is 0 Å². The molecule has 0 aliphatic rings. The van der Waals surface area contributed by atoms with E-state index in [1.165, 1.54) is 21.3 Å². The molecule has 0 rings (SSSR count). The van der Waals surface area contributed by atoms with Crippen LogP contribution in [0.5, 0.6) is 0 Å². The van der Waals surface area contributed by atoms with Crippen LogP contribution in [-0.4, -0.2) is 44.7 Å². The van der Waals surface area contributed by atoms with Gasteiger partial charge in [0.25, 0.3) is 5.97 Å². The first-order valence-electron chi connectivity index (χ1n) is 3.83. The monoisotopic (exact) mass is 228 g/mol. The van der Waals surface area contributed by atoms with Crippen LogP contribution in [0.4, 0.5) is 0 Å². The van der Waals surface area contributed by atoms with Gasteiger partial charge in [0.15, 0.2) is 8.67 Å². The zero-order chi connectivity index (χ0) is 10.3. The normalized spacial score (nSPS) is 15.4. The van der Waals surface area contributed by atoms with Crippen LogP contribution in [0, 0.1) is 0 Å². The van der Waals surface area contributed by atoms with Gasteiger partial charge in [-0.25, -0.2) is 4.21 Å². The maximum absolute atomic E-state index is 10.4. The van der Waals surface area contributed by atoms with Gasteiger partial charge in [0.05, 0.1) is 0 Å². The lowest BCUT2D eigenvalue weighted by molar-refractivity contribution is -0.352. The lowest BCUT2D eigenvalue weighted by Crippen LogP contribution is -2.36. The summed E-state index contributed by atoms with van der Waals surface area (Å²) in [7, 11) is 1.82. The molecule has 0 saturated heterocycles. The van der Waals surface area contributed by atoms with Crippen molar-refractivity contribution >= 4 is 19.2 Å². The summed E-state index contributed by atoms with van der Waals surface area (Å²) >= 11 is 0. The van der Waals surface area contributed by atoms with E-state index in [9.17, 15) is 4.21 Å². The van der Waals surface area contributed by atoms with Gasteiger partial charge in [-0.1, -0.05) is 0 Å². The molecule has 0 fully saturated rings. The molecule has 1 atom stereocenters. The highest BCUT2D eigenvalue weighted by atomic mass is 32.4. The van der Waals surface area contributed by atoms with Crippen molar-refractivity contribution in [1.82, 2.24) is 0 Å². The molecule has 5 nitrogen and oxygen atoms in total. The molecule has 0 spiro atoms. The van der Waals surface area contributed by atoms with Gasteiger partial charge < -0.3 is 18.8 Å². The van der Waals surface area contributed by atoms with Crippen molar-refractivity contribution in [2.24, 2.45) is 0 Å². The van der Waals surface area contributed by atoms with Gasteiger partial charge in [-0.05, 0) is 6.04 Å². The molecule has 0 heterocycles. The van der Waals surface area contributed by atoms with Gasteiger partial charge >= 0.3 is 0 Å². The Balaban J connectivity index is 3.88. The second-order valence-electron chi connectivity index (χ2n) is 2.42. The summed E-state index contributed by atoms with van der Waals surface area (Å²) in [5, 5.41) is 0. The summed E-state index contributed by atoms with van der Waals surface area (Å²) in [6, 6.07) is 0.638. The van der Waals surface area contributed by atoms with Crippen LogP contribution in [-0.2, 0) is 24.7 Å². The highest BCUT2D eigenvalue weighted by molar-refractivity contribution is 8.05. The molecule has 0 aromatic rings. The first-order valence-corrected chi connectivity index (χ1v) is 7.84. The summed E-state index contributed by atoms with van der Waals surface area (Å²) in [6.07, 6.45) is 0.481. The van der Waals surface area contributed by atoms with E-state index in [4.69, 9.17) is 18.8 Å². The third kappa shape index (κ3) is 4.84.